The molecular formula is C35H46FN3O8. The second-order valence-corrected chi connectivity index (χ2v) is 12.3. The summed E-state index contributed by atoms with van der Waals surface area (Å²) in [6.07, 6.45) is 3.49. The number of esters is 1. The SMILES string of the molecule is CCOC(=O)/C=C/[C@H](C[C@@H]1CCCN(Cc2ccc(OC)cc2OC)C1=O)NC(=O)[C@H](Cc1ccc(F)cc1)NC(=O)OC(C)(C)C. The van der Waals surface area contributed by atoms with Gasteiger partial charge in [-0.25, -0.2) is 14.0 Å². The molecule has 1 saturated heterocycles. The van der Waals surface area contributed by atoms with Crippen LogP contribution in [0.25, 0.3) is 0 Å². The number of nitrogens with one attached hydrogen (secondary N) is 2. The van der Waals surface area contributed by atoms with Gasteiger partial charge in [0.05, 0.1) is 20.8 Å². The molecule has 1 aliphatic heterocycles. The fourth-order valence-corrected chi connectivity index (χ4v) is 5.26. The van der Waals surface area contributed by atoms with Gasteiger partial charge < -0.3 is 34.5 Å². The third-order valence-corrected chi connectivity index (χ3v) is 7.47. The lowest BCUT2D eigenvalue weighted by Gasteiger charge is -2.34. The van der Waals surface area contributed by atoms with E-state index in [1.807, 2.05) is 12.1 Å². The molecule has 3 rings (SSSR count). The fraction of sp³-hybridized carbons (Fsp3) is 0.486. The molecule has 1 heterocycles. The molecule has 256 valence electrons. The van der Waals surface area contributed by atoms with Gasteiger partial charge in [0.25, 0.3) is 0 Å². The molecule has 0 bridgehead atoms. The van der Waals surface area contributed by atoms with Gasteiger partial charge in [-0.2, -0.15) is 0 Å². The average Bonchev–Trinajstić information content (AvgIpc) is 3.01. The largest absolute Gasteiger partial charge is 0.497 e. The minimum atomic E-state index is -1.10. The maximum atomic E-state index is 13.7. The first kappa shape index (κ1) is 36.9. The van der Waals surface area contributed by atoms with Crippen molar-refractivity contribution in [2.45, 2.75) is 77.6 Å². The number of alkyl carbamates (subject to hydrolysis) is 1. The quantitative estimate of drug-likeness (QED) is 0.221. The number of nitrogens with zero attached hydrogens (tertiary/aromatic N) is 1. The smallest absolute Gasteiger partial charge is 0.408 e. The Bertz CT molecular complexity index is 1410. The summed E-state index contributed by atoms with van der Waals surface area (Å²) in [5, 5.41) is 5.51. The van der Waals surface area contributed by atoms with Crippen molar-refractivity contribution < 1.29 is 42.5 Å². The molecule has 0 radical (unpaired) electrons. The Morgan fingerprint density at radius 2 is 1.79 bits per heavy atom. The van der Waals surface area contributed by atoms with Gasteiger partial charge >= 0.3 is 12.1 Å². The Balaban J connectivity index is 1.82. The topological polar surface area (TPSA) is 132 Å². The summed E-state index contributed by atoms with van der Waals surface area (Å²) in [5.74, 6) is -0.903. The third-order valence-electron chi connectivity index (χ3n) is 7.47. The van der Waals surface area contributed by atoms with Crippen LogP contribution in [0.1, 0.15) is 58.1 Å². The van der Waals surface area contributed by atoms with Crippen LogP contribution in [0, 0.1) is 11.7 Å². The Kier molecular flexibility index (Phi) is 13.6. The zero-order valence-electron chi connectivity index (χ0n) is 28.0. The number of hydrogen-bond acceptors (Lipinski definition) is 8. The zero-order valence-corrected chi connectivity index (χ0v) is 28.0. The van der Waals surface area contributed by atoms with E-state index in [9.17, 15) is 23.6 Å². The van der Waals surface area contributed by atoms with Crippen LogP contribution >= 0.6 is 0 Å². The molecule has 1 fully saturated rings. The number of hydrogen-bond donors (Lipinski definition) is 2. The van der Waals surface area contributed by atoms with Crippen LogP contribution in [0.3, 0.4) is 0 Å². The molecule has 0 aliphatic carbocycles. The first-order valence-corrected chi connectivity index (χ1v) is 15.7. The van der Waals surface area contributed by atoms with Gasteiger partial charge in [-0.05, 0) is 76.8 Å². The molecule has 12 heteroatoms. The van der Waals surface area contributed by atoms with E-state index in [0.717, 1.165) is 12.0 Å². The molecule has 1 aliphatic rings. The van der Waals surface area contributed by atoms with Gasteiger partial charge in [0.2, 0.25) is 11.8 Å². The maximum absolute atomic E-state index is 13.7. The molecule has 2 aromatic rings. The summed E-state index contributed by atoms with van der Waals surface area (Å²) >= 11 is 0. The number of halogens is 1. The van der Waals surface area contributed by atoms with Crippen molar-refractivity contribution in [3.63, 3.8) is 0 Å². The number of likely N-dealkylation sites (tertiary alicyclic amines) is 1. The van der Waals surface area contributed by atoms with Gasteiger partial charge in [-0.3, -0.25) is 9.59 Å². The Hall–Kier alpha value is -4.61. The van der Waals surface area contributed by atoms with Crippen LogP contribution in [-0.2, 0) is 36.8 Å². The zero-order chi connectivity index (χ0) is 34.6. The Morgan fingerprint density at radius 3 is 2.43 bits per heavy atom. The van der Waals surface area contributed by atoms with Crippen molar-refractivity contribution in [2.24, 2.45) is 5.92 Å². The predicted octanol–water partition coefficient (Wildman–Crippen LogP) is 4.71. The third kappa shape index (κ3) is 11.9. The minimum absolute atomic E-state index is 0.0412. The van der Waals surface area contributed by atoms with Crippen LogP contribution in [0.15, 0.2) is 54.6 Å². The minimum Gasteiger partial charge on any atom is -0.497 e. The molecule has 3 amide bonds. The molecule has 0 saturated carbocycles. The van der Waals surface area contributed by atoms with Gasteiger partial charge in [-0.15, -0.1) is 0 Å². The number of piperidine rings is 1. The Labute approximate surface area is 275 Å². The molecule has 11 nitrogen and oxygen atoms in total. The van der Waals surface area contributed by atoms with Crippen LogP contribution in [-0.4, -0.2) is 73.8 Å². The van der Waals surface area contributed by atoms with E-state index in [-0.39, 0.29) is 25.4 Å². The van der Waals surface area contributed by atoms with Gasteiger partial charge in [0.15, 0.2) is 0 Å². The summed E-state index contributed by atoms with van der Waals surface area (Å²) < 4.78 is 34.8. The lowest BCUT2D eigenvalue weighted by molar-refractivity contribution is -0.139. The number of benzene rings is 2. The first-order chi connectivity index (χ1) is 22.3. The number of carbonyl (C=O) groups is 4. The summed E-state index contributed by atoms with van der Waals surface area (Å²) in [4.78, 5) is 54.1. The van der Waals surface area contributed by atoms with E-state index in [1.165, 1.54) is 36.4 Å². The number of amides is 3. The highest BCUT2D eigenvalue weighted by Gasteiger charge is 2.33. The number of methoxy groups -OCH3 is 2. The summed E-state index contributed by atoms with van der Waals surface area (Å²) in [6.45, 7) is 7.84. The fourth-order valence-electron chi connectivity index (χ4n) is 5.26. The monoisotopic (exact) mass is 655 g/mol. The van der Waals surface area contributed by atoms with E-state index in [1.54, 1.807) is 52.9 Å². The van der Waals surface area contributed by atoms with E-state index in [2.05, 4.69) is 10.6 Å². The maximum Gasteiger partial charge on any atom is 0.408 e. The molecule has 0 spiro atoms. The predicted molar refractivity (Wildman–Crippen MR) is 173 cm³/mol. The van der Waals surface area contributed by atoms with Gasteiger partial charge in [-0.1, -0.05) is 18.2 Å². The molecule has 2 aromatic carbocycles. The van der Waals surface area contributed by atoms with E-state index < -0.39 is 47.4 Å². The molecule has 2 N–H and O–H groups in total. The number of rotatable bonds is 14. The second-order valence-electron chi connectivity index (χ2n) is 12.3. The highest BCUT2D eigenvalue weighted by Crippen LogP contribution is 2.29. The van der Waals surface area contributed by atoms with Crippen LogP contribution in [0.4, 0.5) is 9.18 Å². The van der Waals surface area contributed by atoms with E-state index >= 15 is 0 Å². The van der Waals surface area contributed by atoms with Crippen molar-refractivity contribution in [3.8, 4) is 11.5 Å². The van der Waals surface area contributed by atoms with Crippen LogP contribution in [0.2, 0.25) is 0 Å². The molecule has 0 aromatic heterocycles. The lowest BCUT2D eigenvalue weighted by atomic mass is 9.89. The molecule has 47 heavy (non-hydrogen) atoms. The summed E-state index contributed by atoms with van der Waals surface area (Å²) in [7, 11) is 3.13. The molecule has 3 atom stereocenters. The molecule has 0 unspecified atom stereocenters. The lowest BCUT2D eigenvalue weighted by Crippen LogP contribution is -2.52. The van der Waals surface area contributed by atoms with E-state index in [0.29, 0.717) is 36.6 Å². The van der Waals surface area contributed by atoms with Crippen molar-refractivity contribution >= 4 is 23.9 Å². The van der Waals surface area contributed by atoms with E-state index in [4.69, 9.17) is 18.9 Å². The first-order valence-electron chi connectivity index (χ1n) is 15.7. The van der Waals surface area contributed by atoms with Crippen LogP contribution < -0.4 is 20.1 Å². The number of ether oxygens (including phenoxy) is 4. The standard InChI is InChI=1S/C35H46FN3O8/c1-7-46-31(40)17-15-27(20-24-9-8-18-39(33(24)42)22-25-12-16-28(44-5)21-30(25)45-6)37-32(41)29(38-34(43)47-35(2,3)4)19-23-10-13-26(36)14-11-23/h10-17,21,24,27,29H,7-9,18-20,22H2,1-6H3,(H,37,41)(H,38,43)/b17-15+/t24-,27+,29-/m0/s1. The summed E-state index contributed by atoms with van der Waals surface area (Å²) in [6, 6.07) is 9.16. The normalized spacial score (nSPS) is 16.3. The van der Waals surface area contributed by atoms with Crippen molar-refractivity contribution in [2.75, 3.05) is 27.4 Å². The Morgan fingerprint density at radius 1 is 1.06 bits per heavy atom. The average molecular weight is 656 g/mol. The van der Waals surface area contributed by atoms with Crippen molar-refractivity contribution in [1.29, 1.82) is 0 Å². The highest BCUT2D eigenvalue weighted by molar-refractivity contribution is 5.87. The summed E-state index contributed by atoms with van der Waals surface area (Å²) in [5.41, 5.74) is 0.620. The number of carbonyl (C=O) groups excluding carboxylic acids is 4. The molecular weight excluding hydrogens is 609 g/mol. The van der Waals surface area contributed by atoms with Gasteiger partial charge in [0, 0.05) is 49.2 Å². The highest BCUT2D eigenvalue weighted by atomic mass is 19.1. The van der Waals surface area contributed by atoms with Crippen molar-refractivity contribution in [1.82, 2.24) is 15.5 Å². The second kappa shape index (κ2) is 17.3. The van der Waals surface area contributed by atoms with Crippen molar-refractivity contribution in [3.05, 3.63) is 71.6 Å². The van der Waals surface area contributed by atoms with Crippen LogP contribution in [0.5, 0.6) is 11.5 Å². The van der Waals surface area contributed by atoms with Gasteiger partial charge in [0.1, 0.15) is 29.0 Å².